The van der Waals surface area contributed by atoms with Gasteiger partial charge in [-0.15, -0.1) is 0 Å². The second-order valence-corrected chi connectivity index (χ2v) is 4.36. The van der Waals surface area contributed by atoms with Gasteiger partial charge >= 0.3 is 0 Å². The van der Waals surface area contributed by atoms with E-state index in [1.807, 2.05) is 0 Å². The van der Waals surface area contributed by atoms with Gasteiger partial charge in [-0.3, -0.25) is 4.79 Å². The molecular weight excluding hydrogens is 216 g/mol. The number of aldehydes is 1. The van der Waals surface area contributed by atoms with Gasteiger partial charge in [-0.05, 0) is 37.8 Å². The van der Waals surface area contributed by atoms with E-state index in [1.54, 1.807) is 14.2 Å². The molecule has 0 aromatic rings. The summed E-state index contributed by atoms with van der Waals surface area (Å²) in [5, 5.41) is 0. The highest BCUT2D eigenvalue weighted by atomic mass is 16.5. The van der Waals surface area contributed by atoms with E-state index in [9.17, 15) is 4.79 Å². The van der Waals surface area contributed by atoms with Gasteiger partial charge in [-0.2, -0.15) is 0 Å². The molecule has 0 saturated carbocycles. The second kappa shape index (κ2) is 6.40. The SMILES string of the molecule is CO/C=C(\C=O)C1=C(COC)CC(C)=C(C)C1. The van der Waals surface area contributed by atoms with Gasteiger partial charge in [-0.25, -0.2) is 0 Å². The zero-order valence-electron chi connectivity index (χ0n) is 11.0. The summed E-state index contributed by atoms with van der Waals surface area (Å²) in [6, 6.07) is 0. The average Bonchev–Trinajstić information content (AvgIpc) is 2.31. The summed E-state index contributed by atoms with van der Waals surface area (Å²) in [6.07, 6.45) is 4.04. The Morgan fingerprint density at radius 3 is 2.41 bits per heavy atom. The van der Waals surface area contributed by atoms with E-state index in [0.717, 1.165) is 24.7 Å². The van der Waals surface area contributed by atoms with E-state index >= 15 is 0 Å². The predicted octanol–water partition coefficient (Wildman–Crippen LogP) is 2.79. The summed E-state index contributed by atoms with van der Waals surface area (Å²) in [5.41, 5.74) is 5.52. The maximum absolute atomic E-state index is 11.1. The van der Waals surface area contributed by atoms with Crippen LogP contribution in [0.4, 0.5) is 0 Å². The first-order valence-corrected chi connectivity index (χ1v) is 5.67. The molecule has 3 heteroatoms. The fourth-order valence-corrected chi connectivity index (χ4v) is 2.03. The molecule has 0 radical (unpaired) electrons. The van der Waals surface area contributed by atoms with Crippen molar-refractivity contribution in [3.05, 3.63) is 34.1 Å². The minimum atomic E-state index is 0.564. The molecular formula is C14H20O3. The van der Waals surface area contributed by atoms with Crippen molar-refractivity contribution in [2.75, 3.05) is 20.8 Å². The van der Waals surface area contributed by atoms with Crippen LogP contribution in [0.3, 0.4) is 0 Å². The highest BCUT2D eigenvalue weighted by Gasteiger charge is 2.18. The van der Waals surface area contributed by atoms with E-state index in [4.69, 9.17) is 9.47 Å². The first-order valence-electron chi connectivity index (χ1n) is 5.67. The van der Waals surface area contributed by atoms with E-state index in [0.29, 0.717) is 12.2 Å². The molecule has 0 saturated heterocycles. The van der Waals surface area contributed by atoms with Gasteiger partial charge in [-0.1, -0.05) is 11.1 Å². The Kier molecular flexibility index (Phi) is 5.16. The Morgan fingerprint density at radius 2 is 1.88 bits per heavy atom. The number of carbonyl (C=O) groups is 1. The number of methoxy groups -OCH3 is 2. The van der Waals surface area contributed by atoms with Crippen LogP contribution in [0.5, 0.6) is 0 Å². The van der Waals surface area contributed by atoms with Crippen LogP contribution in [-0.4, -0.2) is 27.1 Å². The van der Waals surface area contributed by atoms with E-state index in [-0.39, 0.29) is 0 Å². The van der Waals surface area contributed by atoms with Crippen LogP contribution in [0.1, 0.15) is 26.7 Å². The molecule has 0 heterocycles. The van der Waals surface area contributed by atoms with Gasteiger partial charge in [0.15, 0.2) is 6.29 Å². The molecule has 0 aliphatic heterocycles. The molecule has 0 fully saturated rings. The standard InChI is InChI=1S/C14H20O3/c1-10-5-12(8-16-3)14(6-11(10)2)13(7-15)9-17-4/h7,9H,5-6,8H2,1-4H3/b13-9+. The van der Waals surface area contributed by atoms with Crippen LogP contribution in [0, 0.1) is 0 Å². The molecule has 0 bridgehead atoms. The highest BCUT2D eigenvalue weighted by Crippen LogP contribution is 2.33. The summed E-state index contributed by atoms with van der Waals surface area (Å²) in [5.74, 6) is 0. The summed E-state index contributed by atoms with van der Waals surface area (Å²) < 4.78 is 10.2. The lowest BCUT2D eigenvalue weighted by Crippen LogP contribution is -2.10. The third-order valence-electron chi connectivity index (χ3n) is 3.11. The van der Waals surface area contributed by atoms with Crippen molar-refractivity contribution in [3.8, 4) is 0 Å². The Morgan fingerprint density at radius 1 is 1.24 bits per heavy atom. The van der Waals surface area contributed by atoms with Crippen LogP contribution >= 0.6 is 0 Å². The number of hydrogen-bond acceptors (Lipinski definition) is 3. The van der Waals surface area contributed by atoms with Gasteiger partial charge in [0.05, 0.1) is 25.6 Å². The second-order valence-electron chi connectivity index (χ2n) is 4.36. The molecule has 0 N–H and O–H groups in total. The lowest BCUT2D eigenvalue weighted by Gasteiger charge is -2.22. The smallest absolute Gasteiger partial charge is 0.153 e. The number of rotatable bonds is 5. The molecule has 3 nitrogen and oxygen atoms in total. The minimum absolute atomic E-state index is 0.564. The van der Waals surface area contributed by atoms with Crippen molar-refractivity contribution < 1.29 is 14.3 Å². The molecule has 0 amide bonds. The first-order chi connectivity index (χ1) is 8.13. The summed E-state index contributed by atoms with van der Waals surface area (Å²) in [4.78, 5) is 11.1. The van der Waals surface area contributed by atoms with Crippen LogP contribution in [-0.2, 0) is 14.3 Å². The predicted molar refractivity (Wildman–Crippen MR) is 67.7 cm³/mol. The molecule has 17 heavy (non-hydrogen) atoms. The van der Waals surface area contributed by atoms with Gasteiger partial charge in [0.1, 0.15) is 0 Å². The minimum Gasteiger partial charge on any atom is -0.504 e. The van der Waals surface area contributed by atoms with Crippen molar-refractivity contribution >= 4 is 6.29 Å². The molecule has 0 spiro atoms. The zero-order valence-corrected chi connectivity index (χ0v) is 11.0. The monoisotopic (exact) mass is 236 g/mol. The molecule has 0 atom stereocenters. The van der Waals surface area contributed by atoms with E-state index < -0.39 is 0 Å². The first kappa shape index (κ1) is 13.7. The molecule has 0 aromatic carbocycles. The Bertz CT molecular complexity index is 386. The van der Waals surface area contributed by atoms with Gasteiger partial charge in [0.2, 0.25) is 0 Å². The van der Waals surface area contributed by atoms with Crippen LogP contribution in [0.2, 0.25) is 0 Å². The van der Waals surface area contributed by atoms with Gasteiger partial charge < -0.3 is 9.47 Å². The quantitative estimate of drug-likeness (QED) is 0.319. The Hall–Kier alpha value is -1.35. The summed E-state index contributed by atoms with van der Waals surface area (Å²) >= 11 is 0. The average molecular weight is 236 g/mol. The molecule has 1 aliphatic rings. The lowest BCUT2D eigenvalue weighted by atomic mass is 9.84. The number of carbonyl (C=O) groups excluding carboxylic acids is 1. The van der Waals surface area contributed by atoms with Gasteiger partial charge in [0.25, 0.3) is 0 Å². The maximum atomic E-state index is 11.1. The maximum Gasteiger partial charge on any atom is 0.153 e. The number of allylic oxidation sites excluding steroid dienone is 4. The van der Waals surface area contributed by atoms with Crippen LogP contribution in [0.25, 0.3) is 0 Å². The number of ether oxygens (including phenoxy) is 2. The third-order valence-corrected chi connectivity index (χ3v) is 3.11. The molecule has 1 rings (SSSR count). The summed E-state index contributed by atoms with van der Waals surface area (Å²) in [7, 11) is 3.22. The van der Waals surface area contributed by atoms with Crippen molar-refractivity contribution in [2.45, 2.75) is 26.7 Å². The fraction of sp³-hybridized carbons (Fsp3) is 0.500. The van der Waals surface area contributed by atoms with Gasteiger partial charge in [0, 0.05) is 7.11 Å². The Balaban J connectivity index is 3.09. The van der Waals surface area contributed by atoms with E-state index in [2.05, 4.69) is 13.8 Å². The highest BCUT2D eigenvalue weighted by molar-refractivity contribution is 5.81. The van der Waals surface area contributed by atoms with Crippen molar-refractivity contribution in [3.63, 3.8) is 0 Å². The third kappa shape index (κ3) is 3.30. The van der Waals surface area contributed by atoms with Crippen molar-refractivity contribution in [1.29, 1.82) is 0 Å². The number of hydrogen-bond donors (Lipinski definition) is 0. The normalized spacial score (nSPS) is 17.5. The largest absolute Gasteiger partial charge is 0.504 e. The van der Waals surface area contributed by atoms with Crippen LogP contribution in [0.15, 0.2) is 34.1 Å². The summed E-state index contributed by atoms with van der Waals surface area (Å²) in [6.45, 7) is 4.80. The molecule has 0 unspecified atom stereocenters. The van der Waals surface area contributed by atoms with E-state index in [1.165, 1.54) is 23.0 Å². The van der Waals surface area contributed by atoms with Crippen molar-refractivity contribution in [2.24, 2.45) is 0 Å². The molecule has 0 aromatic heterocycles. The van der Waals surface area contributed by atoms with Crippen LogP contribution < -0.4 is 0 Å². The zero-order chi connectivity index (χ0) is 12.8. The molecule has 1 aliphatic carbocycles. The topological polar surface area (TPSA) is 35.5 Å². The Labute approximate surface area is 103 Å². The lowest BCUT2D eigenvalue weighted by molar-refractivity contribution is -0.104. The fourth-order valence-electron chi connectivity index (χ4n) is 2.03. The van der Waals surface area contributed by atoms with Crippen molar-refractivity contribution in [1.82, 2.24) is 0 Å². The molecule has 94 valence electrons.